The summed E-state index contributed by atoms with van der Waals surface area (Å²) in [4.78, 5) is 10.9. The Morgan fingerprint density at radius 2 is 2.27 bits per heavy atom. The van der Waals surface area contributed by atoms with Crippen LogP contribution in [0.5, 0.6) is 5.75 Å². The van der Waals surface area contributed by atoms with E-state index in [1.807, 2.05) is 0 Å². The number of carbonyl (C=O) groups is 1. The van der Waals surface area contributed by atoms with Crippen LogP contribution in [0.3, 0.4) is 0 Å². The van der Waals surface area contributed by atoms with Gasteiger partial charge in [0.25, 0.3) is 0 Å². The minimum absolute atomic E-state index is 0.228. The minimum Gasteiger partial charge on any atom is -0.493 e. The van der Waals surface area contributed by atoms with Crippen LogP contribution in [-0.4, -0.2) is 17.7 Å². The molecular formula is C11H13IO3. The van der Waals surface area contributed by atoms with Gasteiger partial charge in [-0.05, 0) is 47.2 Å². The van der Waals surface area contributed by atoms with Crippen molar-refractivity contribution in [2.45, 2.75) is 19.8 Å². The number of halogens is 1. The SMILES string of the molecule is CCCCOc1cc(I)ccc1C(=O)O. The van der Waals surface area contributed by atoms with E-state index in [0.717, 1.165) is 16.4 Å². The maximum Gasteiger partial charge on any atom is 0.339 e. The fraction of sp³-hybridized carbons (Fsp3) is 0.364. The lowest BCUT2D eigenvalue weighted by Gasteiger charge is -2.08. The highest BCUT2D eigenvalue weighted by Crippen LogP contribution is 2.21. The molecule has 0 aliphatic rings. The number of benzene rings is 1. The Bertz CT molecular complexity index is 350. The number of hydrogen-bond donors (Lipinski definition) is 1. The van der Waals surface area contributed by atoms with Gasteiger partial charge in [-0.25, -0.2) is 4.79 Å². The molecule has 0 radical (unpaired) electrons. The van der Waals surface area contributed by atoms with Crippen molar-refractivity contribution in [3.8, 4) is 5.75 Å². The highest BCUT2D eigenvalue weighted by atomic mass is 127. The molecule has 0 saturated heterocycles. The largest absolute Gasteiger partial charge is 0.493 e. The first kappa shape index (κ1) is 12.3. The Morgan fingerprint density at radius 1 is 1.53 bits per heavy atom. The van der Waals surface area contributed by atoms with Gasteiger partial charge in [-0.15, -0.1) is 0 Å². The summed E-state index contributed by atoms with van der Waals surface area (Å²) in [5, 5.41) is 8.93. The summed E-state index contributed by atoms with van der Waals surface area (Å²) in [7, 11) is 0. The van der Waals surface area contributed by atoms with Crippen molar-refractivity contribution in [2.75, 3.05) is 6.61 Å². The van der Waals surface area contributed by atoms with E-state index in [1.54, 1.807) is 18.2 Å². The topological polar surface area (TPSA) is 46.5 Å². The van der Waals surface area contributed by atoms with Crippen LogP contribution >= 0.6 is 22.6 Å². The summed E-state index contributed by atoms with van der Waals surface area (Å²) in [6.45, 7) is 2.63. The second kappa shape index (κ2) is 5.95. The third kappa shape index (κ3) is 3.70. The summed E-state index contributed by atoms with van der Waals surface area (Å²) in [6, 6.07) is 5.09. The average molecular weight is 320 g/mol. The van der Waals surface area contributed by atoms with Gasteiger partial charge in [-0.3, -0.25) is 0 Å². The first-order chi connectivity index (χ1) is 7.15. The molecule has 0 atom stereocenters. The molecule has 0 aliphatic carbocycles. The molecule has 0 aliphatic heterocycles. The molecule has 4 heteroatoms. The molecular weight excluding hydrogens is 307 g/mol. The molecule has 0 spiro atoms. The van der Waals surface area contributed by atoms with Crippen LogP contribution in [0.15, 0.2) is 18.2 Å². The maximum atomic E-state index is 10.9. The molecule has 82 valence electrons. The normalized spacial score (nSPS) is 10.0. The highest BCUT2D eigenvalue weighted by Gasteiger charge is 2.11. The summed E-state index contributed by atoms with van der Waals surface area (Å²) in [5.41, 5.74) is 0.228. The van der Waals surface area contributed by atoms with E-state index in [1.165, 1.54) is 0 Å². The first-order valence-electron chi connectivity index (χ1n) is 4.80. The van der Waals surface area contributed by atoms with E-state index in [0.29, 0.717) is 12.4 Å². The monoisotopic (exact) mass is 320 g/mol. The molecule has 0 heterocycles. The standard InChI is InChI=1S/C11H13IO3/c1-2-3-6-15-10-7-8(12)4-5-9(10)11(13)14/h4-5,7H,2-3,6H2,1H3,(H,13,14). The van der Waals surface area contributed by atoms with Gasteiger partial charge in [0.2, 0.25) is 0 Å². The molecule has 0 aromatic heterocycles. The van der Waals surface area contributed by atoms with Gasteiger partial charge < -0.3 is 9.84 Å². The van der Waals surface area contributed by atoms with Crippen molar-refractivity contribution >= 4 is 28.6 Å². The Hall–Kier alpha value is -0.780. The number of carboxylic acids is 1. The van der Waals surface area contributed by atoms with Crippen LogP contribution in [0.4, 0.5) is 0 Å². The Balaban J connectivity index is 2.82. The molecule has 1 N–H and O–H groups in total. The molecule has 0 fully saturated rings. The van der Waals surface area contributed by atoms with E-state index in [9.17, 15) is 4.79 Å². The summed E-state index contributed by atoms with van der Waals surface area (Å²) in [5.74, 6) is -0.485. The maximum absolute atomic E-state index is 10.9. The highest BCUT2D eigenvalue weighted by molar-refractivity contribution is 14.1. The van der Waals surface area contributed by atoms with Crippen LogP contribution in [0, 0.1) is 3.57 Å². The third-order valence-electron chi connectivity index (χ3n) is 1.93. The summed E-state index contributed by atoms with van der Waals surface area (Å²) >= 11 is 2.13. The predicted octanol–water partition coefficient (Wildman–Crippen LogP) is 3.17. The predicted molar refractivity (Wildman–Crippen MR) is 66.5 cm³/mol. The van der Waals surface area contributed by atoms with E-state index in [4.69, 9.17) is 9.84 Å². The van der Waals surface area contributed by atoms with Crippen molar-refractivity contribution in [3.05, 3.63) is 27.3 Å². The van der Waals surface area contributed by atoms with Crippen molar-refractivity contribution in [2.24, 2.45) is 0 Å². The number of carboxylic acid groups (broad SMARTS) is 1. The van der Waals surface area contributed by atoms with Gasteiger partial charge in [-0.1, -0.05) is 13.3 Å². The quantitative estimate of drug-likeness (QED) is 0.669. The molecule has 1 rings (SSSR count). The molecule has 0 saturated carbocycles. The average Bonchev–Trinajstić information content (AvgIpc) is 2.18. The number of unbranched alkanes of at least 4 members (excludes halogenated alkanes) is 1. The molecule has 0 unspecified atom stereocenters. The second-order valence-electron chi connectivity index (χ2n) is 3.15. The number of rotatable bonds is 5. The third-order valence-corrected chi connectivity index (χ3v) is 2.60. The van der Waals surface area contributed by atoms with Crippen LogP contribution in [-0.2, 0) is 0 Å². The fourth-order valence-corrected chi connectivity index (χ4v) is 1.58. The van der Waals surface area contributed by atoms with E-state index < -0.39 is 5.97 Å². The Morgan fingerprint density at radius 3 is 2.87 bits per heavy atom. The lowest BCUT2D eigenvalue weighted by Crippen LogP contribution is -2.04. The Kier molecular flexibility index (Phi) is 4.87. The van der Waals surface area contributed by atoms with Crippen molar-refractivity contribution in [1.82, 2.24) is 0 Å². The number of hydrogen-bond acceptors (Lipinski definition) is 2. The van der Waals surface area contributed by atoms with Crippen LogP contribution < -0.4 is 4.74 Å². The van der Waals surface area contributed by atoms with Gasteiger partial charge in [0, 0.05) is 3.57 Å². The molecule has 1 aromatic rings. The minimum atomic E-state index is -0.946. The molecule has 0 amide bonds. The molecule has 15 heavy (non-hydrogen) atoms. The molecule has 1 aromatic carbocycles. The van der Waals surface area contributed by atoms with Gasteiger partial charge in [0.15, 0.2) is 0 Å². The van der Waals surface area contributed by atoms with Crippen molar-refractivity contribution in [3.63, 3.8) is 0 Å². The van der Waals surface area contributed by atoms with Crippen molar-refractivity contribution in [1.29, 1.82) is 0 Å². The fourth-order valence-electron chi connectivity index (χ4n) is 1.12. The van der Waals surface area contributed by atoms with Crippen LogP contribution in [0.2, 0.25) is 0 Å². The zero-order valence-electron chi connectivity index (χ0n) is 8.50. The smallest absolute Gasteiger partial charge is 0.339 e. The lowest BCUT2D eigenvalue weighted by molar-refractivity contribution is 0.0692. The van der Waals surface area contributed by atoms with E-state index >= 15 is 0 Å². The Labute approximate surface area is 103 Å². The van der Waals surface area contributed by atoms with Crippen LogP contribution in [0.25, 0.3) is 0 Å². The van der Waals surface area contributed by atoms with Gasteiger partial charge >= 0.3 is 5.97 Å². The van der Waals surface area contributed by atoms with E-state index in [-0.39, 0.29) is 5.56 Å². The first-order valence-corrected chi connectivity index (χ1v) is 5.88. The van der Waals surface area contributed by atoms with E-state index in [2.05, 4.69) is 29.5 Å². The summed E-state index contributed by atoms with van der Waals surface area (Å²) in [6.07, 6.45) is 1.97. The lowest BCUT2D eigenvalue weighted by atomic mass is 10.2. The number of aromatic carboxylic acids is 1. The molecule has 3 nitrogen and oxygen atoms in total. The summed E-state index contributed by atoms with van der Waals surface area (Å²) < 4.78 is 6.41. The second-order valence-corrected chi connectivity index (χ2v) is 4.39. The van der Waals surface area contributed by atoms with Gasteiger partial charge in [0.05, 0.1) is 6.61 Å². The zero-order valence-corrected chi connectivity index (χ0v) is 10.7. The zero-order chi connectivity index (χ0) is 11.3. The van der Waals surface area contributed by atoms with Crippen LogP contribution in [0.1, 0.15) is 30.1 Å². The van der Waals surface area contributed by atoms with Crippen molar-refractivity contribution < 1.29 is 14.6 Å². The van der Waals surface area contributed by atoms with Gasteiger partial charge in [-0.2, -0.15) is 0 Å². The number of ether oxygens (including phenoxy) is 1. The molecule has 0 bridgehead atoms. The van der Waals surface area contributed by atoms with Gasteiger partial charge in [0.1, 0.15) is 11.3 Å².